The van der Waals surface area contributed by atoms with E-state index in [9.17, 15) is 13.6 Å². The molecule has 1 atom stereocenters. The fourth-order valence-electron chi connectivity index (χ4n) is 0.873. The first kappa shape index (κ1) is 15.6. The average Bonchev–Trinajstić information content (AvgIpc) is 2.20. The molecule has 0 aliphatic heterocycles. The van der Waals surface area contributed by atoms with Crippen LogP contribution < -0.4 is 5.32 Å². The third kappa shape index (κ3) is 8.85. The van der Waals surface area contributed by atoms with Gasteiger partial charge in [-0.05, 0) is 5.92 Å². The fourth-order valence-corrected chi connectivity index (χ4v) is 0.950. The SMILES string of the molecule is CC(C)C(Cl)CNC(=O)CCOCC(F)F. The third-order valence-corrected chi connectivity index (χ3v) is 2.59. The molecule has 0 saturated carbocycles. The van der Waals surface area contributed by atoms with Gasteiger partial charge in [0.15, 0.2) is 0 Å². The predicted molar refractivity (Wildman–Crippen MR) is 58.9 cm³/mol. The molecule has 1 N–H and O–H groups in total. The Bertz CT molecular complexity index is 203. The van der Waals surface area contributed by atoms with Gasteiger partial charge in [0, 0.05) is 13.0 Å². The Morgan fingerprint density at radius 2 is 2.06 bits per heavy atom. The molecule has 0 heterocycles. The van der Waals surface area contributed by atoms with Crippen molar-refractivity contribution in [1.82, 2.24) is 5.32 Å². The summed E-state index contributed by atoms with van der Waals surface area (Å²) in [5, 5.41) is 2.49. The molecule has 1 unspecified atom stereocenters. The van der Waals surface area contributed by atoms with Crippen LogP contribution >= 0.6 is 11.6 Å². The molecular weight excluding hydrogens is 240 g/mol. The number of hydrogen-bond donors (Lipinski definition) is 1. The molecule has 0 aliphatic carbocycles. The molecule has 0 saturated heterocycles. The van der Waals surface area contributed by atoms with Crippen LogP contribution in [0.25, 0.3) is 0 Å². The van der Waals surface area contributed by atoms with Crippen LogP contribution in [0.5, 0.6) is 0 Å². The first-order valence-electron chi connectivity index (χ1n) is 5.20. The molecule has 0 radical (unpaired) electrons. The second-order valence-electron chi connectivity index (χ2n) is 3.78. The Labute approximate surface area is 99.5 Å². The third-order valence-electron chi connectivity index (χ3n) is 1.93. The second kappa shape index (κ2) is 8.70. The molecule has 96 valence electrons. The van der Waals surface area contributed by atoms with Gasteiger partial charge < -0.3 is 10.1 Å². The van der Waals surface area contributed by atoms with Crippen molar-refractivity contribution in [3.63, 3.8) is 0 Å². The molecule has 3 nitrogen and oxygen atoms in total. The lowest BCUT2D eigenvalue weighted by Crippen LogP contribution is -2.32. The molecule has 16 heavy (non-hydrogen) atoms. The van der Waals surface area contributed by atoms with Crippen molar-refractivity contribution in [1.29, 1.82) is 0 Å². The first-order valence-corrected chi connectivity index (χ1v) is 5.63. The zero-order valence-electron chi connectivity index (χ0n) is 9.51. The smallest absolute Gasteiger partial charge is 0.261 e. The van der Waals surface area contributed by atoms with E-state index in [0.717, 1.165) is 0 Å². The summed E-state index contributed by atoms with van der Waals surface area (Å²) in [7, 11) is 0. The predicted octanol–water partition coefficient (Wildman–Crippen LogP) is 2.04. The highest BCUT2D eigenvalue weighted by Gasteiger charge is 2.11. The first-order chi connectivity index (χ1) is 7.43. The van der Waals surface area contributed by atoms with Crippen LogP contribution in [0, 0.1) is 5.92 Å². The second-order valence-corrected chi connectivity index (χ2v) is 4.34. The summed E-state index contributed by atoms with van der Waals surface area (Å²) in [6, 6.07) is 0. The molecule has 0 aromatic heterocycles. The van der Waals surface area contributed by atoms with Crippen LogP contribution in [-0.4, -0.2) is 37.5 Å². The van der Waals surface area contributed by atoms with Crippen molar-refractivity contribution < 1.29 is 18.3 Å². The van der Waals surface area contributed by atoms with Gasteiger partial charge >= 0.3 is 0 Å². The van der Waals surface area contributed by atoms with Gasteiger partial charge in [-0.15, -0.1) is 11.6 Å². The van der Waals surface area contributed by atoms with Crippen LogP contribution in [0.1, 0.15) is 20.3 Å². The summed E-state index contributed by atoms with van der Waals surface area (Å²) in [5.41, 5.74) is 0. The van der Waals surface area contributed by atoms with E-state index in [1.165, 1.54) is 0 Å². The monoisotopic (exact) mass is 257 g/mol. The molecule has 0 spiro atoms. The van der Waals surface area contributed by atoms with E-state index in [0.29, 0.717) is 6.54 Å². The fraction of sp³-hybridized carbons (Fsp3) is 0.900. The van der Waals surface area contributed by atoms with Crippen LogP contribution in [0.3, 0.4) is 0 Å². The number of carbonyl (C=O) groups is 1. The Morgan fingerprint density at radius 1 is 1.44 bits per heavy atom. The van der Waals surface area contributed by atoms with E-state index in [-0.39, 0.29) is 30.2 Å². The van der Waals surface area contributed by atoms with Crippen LogP contribution in [0.15, 0.2) is 0 Å². The Hall–Kier alpha value is -0.420. The van der Waals surface area contributed by atoms with E-state index in [1.54, 1.807) is 0 Å². The quantitative estimate of drug-likeness (QED) is 0.534. The minimum Gasteiger partial charge on any atom is -0.375 e. The topological polar surface area (TPSA) is 38.3 Å². The molecule has 1 amide bonds. The maximum absolute atomic E-state index is 11.7. The summed E-state index contributed by atoms with van der Waals surface area (Å²) in [5.74, 6) is 0.0395. The molecule has 0 aromatic carbocycles. The van der Waals surface area contributed by atoms with E-state index >= 15 is 0 Å². The van der Waals surface area contributed by atoms with Crippen molar-refractivity contribution in [3.05, 3.63) is 0 Å². The Morgan fingerprint density at radius 3 is 2.56 bits per heavy atom. The van der Waals surface area contributed by atoms with Gasteiger partial charge in [0.2, 0.25) is 5.91 Å². The highest BCUT2D eigenvalue weighted by molar-refractivity contribution is 6.21. The molecule has 6 heteroatoms. The van der Waals surface area contributed by atoms with Gasteiger partial charge in [-0.25, -0.2) is 8.78 Å². The lowest BCUT2D eigenvalue weighted by atomic mass is 10.1. The summed E-state index contributed by atoms with van der Waals surface area (Å²) >= 11 is 5.92. The number of hydrogen-bond acceptors (Lipinski definition) is 2. The number of halogens is 3. The molecule has 0 bridgehead atoms. The van der Waals surface area contributed by atoms with Gasteiger partial charge in [-0.2, -0.15) is 0 Å². The van der Waals surface area contributed by atoms with Crippen molar-refractivity contribution >= 4 is 17.5 Å². The van der Waals surface area contributed by atoms with E-state index in [4.69, 9.17) is 11.6 Å². The summed E-state index contributed by atoms with van der Waals surface area (Å²) in [6.07, 6.45) is -2.41. The van der Waals surface area contributed by atoms with Gasteiger partial charge in [0.25, 0.3) is 6.43 Å². The standard InChI is InChI=1S/C10H18ClF2NO2/c1-7(2)8(11)5-14-10(15)3-4-16-6-9(12)13/h7-9H,3-6H2,1-2H3,(H,14,15). The van der Waals surface area contributed by atoms with E-state index in [1.807, 2.05) is 13.8 Å². The molecular formula is C10H18ClF2NO2. The zero-order valence-corrected chi connectivity index (χ0v) is 10.3. The Balaban J connectivity index is 3.45. The normalized spacial score (nSPS) is 13.2. The van der Waals surface area contributed by atoms with Crippen molar-refractivity contribution in [2.24, 2.45) is 5.92 Å². The van der Waals surface area contributed by atoms with E-state index in [2.05, 4.69) is 10.1 Å². The summed E-state index contributed by atoms with van der Waals surface area (Å²) < 4.78 is 27.9. The average molecular weight is 258 g/mol. The van der Waals surface area contributed by atoms with Gasteiger partial charge in [0.1, 0.15) is 6.61 Å². The summed E-state index contributed by atoms with van der Waals surface area (Å²) in [6.45, 7) is 3.67. The number of nitrogens with one attached hydrogen (secondary N) is 1. The lowest BCUT2D eigenvalue weighted by Gasteiger charge is -2.13. The minimum atomic E-state index is -2.49. The molecule has 0 fully saturated rings. The highest BCUT2D eigenvalue weighted by Crippen LogP contribution is 2.07. The number of alkyl halides is 3. The molecule has 0 rings (SSSR count). The van der Waals surface area contributed by atoms with Crippen molar-refractivity contribution in [2.45, 2.75) is 32.1 Å². The lowest BCUT2D eigenvalue weighted by molar-refractivity contribution is -0.122. The minimum absolute atomic E-state index is 0.00477. The molecule has 0 aliphatic rings. The highest BCUT2D eigenvalue weighted by atomic mass is 35.5. The van der Waals surface area contributed by atoms with Crippen molar-refractivity contribution in [3.8, 4) is 0 Å². The number of amides is 1. The van der Waals surface area contributed by atoms with Gasteiger partial charge in [-0.1, -0.05) is 13.8 Å². The maximum atomic E-state index is 11.7. The van der Waals surface area contributed by atoms with Crippen LogP contribution in [0.2, 0.25) is 0 Å². The Kier molecular flexibility index (Phi) is 8.47. The van der Waals surface area contributed by atoms with Crippen molar-refractivity contribution in [2.75, 3.05) is 19.8 Å². The zero-order chi connectivity index (χ0) is 12.6. The van der Waals surface area contributed by atoms with E-state index < -0.39 is 13.0 Å². The number of ether oxygens (including phenoxy) is 1. The van der Waals surface area contributed by atoms with Gasteiger partial charge in [0.05, 0.1) is 12.0 Å². The maximum Gasteiger partial charge on any atom is 0.261 e. The number of rotatable bonds is 8. The van der Waals surface area contributed by atoms with Crippen LogP contribution in [-0.2, 0) is 9.53 Å². The number of carbonyl (C=O) groups excluding carboxylic acids is 1. The van der Waals surface area contributed by atoms with Gasteiger partial charge in [-0.3, -0.25) is 4.79 Å². The largest absolute Gasteiger partial charge is 0.375 e. The summed E-state index contributed by atoms with van der Waals surface area (Å²) in [4.78, 5) is 11.2. The molecule has 0 aromatic rings. The van der Waals surface area contributed by atoms with Crippen LogP contribution in [0.4, 0.5) is 8.78 Å².